The van der Waals surface area contributed by atoms with E-state index in [0.717, 1.165) is 0 Å². The summed E-state index contributed by atoms with van der Waals surface area (Å²) in [6.45, 7) is 4.07. The number of ketones is 1. The van der Waals surface area contributed by atoms with Gasteiger partial charge in [0.05, 0.1) is 5.02 Å². The number of carbonyl (C=O) groups is 1. The molecule has 1 aromatic carbocycles. The van der Waals surface area contributed by atoms with Crippen LogP contribution in [0.15, 0.2) is 18.2 Å². The van der Waals surface area contributed by atoms with Crippen LogP contribution in [0.1, 0.15) is 31.9 Å². The highest BCUT2D eigenvalue weighted by molar-refractivity contribution is 6.32. The minimum absolute atomic E-state index is 0.00334. The van der Waals surface area contributed by atoms with Crippen LogP contribution in [0.25, 0.3) is 0 Å². The second-order valence-electron chi connectivity index (χ2n) is 3.37. The van der Waals surface area contributed by atoms with E-state index in [1.54, 1.807) is 19.1 Å². The first-order chi connectivity index (χ1) is 7.60. The number of hydrogen-bond acceptors (Lipinski definition) is 3. The minimum Gasteiger partial charge on any atom is -0.506 e. The Morgan fingerprint density at radius 3 is 2.69 bits per heavy atom. The normalized spacial score (nSPS) is 12.4. The summed E-state index contributed by atoms with van der Waals surface area (Å²) in [5.41, 5.74) is 0.677. The van der Waals surface area contributed by atoms with E-state index >= 15 is 0 Å². The number of phenolic OH excluding ortho intramolecular Hbond substituents is 1. The Labute approximate surface area is 100.0 Å². The van der Waals surface area contributed by atoms with Gasteiger partial charge in [-0.15, -0.1) is 0 Å². The molecule has 4 heteroatoms. The van der Waals surface area contributed by atoms with Crippen LogP contribution in [0.4, 0.5) is 0 Å². The van der Waals surface area contributed by atoms with Crippen molar-refractivity contribution in [2.24, 2.45) is 0 Å². The van der Waals surface area contributed by atoms with E-state index in [2.05, 4.69) is 0 Å². The number of benzene rings is 1. The van der Waals surface area contributed by atoms with Crippen molar-refractivity contribution in [3.63, 3.8) is 0 Å². The highest BCUT2D eigenvalue weighted by Crippen LogP contribution is 2.28. The fourth-order valence-corrected chi connectivity index (χ4v) is 1.60. The summed E-state index contributed by atoms with van der Waals surface area (Å²) < 4.78 is 5.39. The summed E-state index contributed by atoms with van der Waals surface area (Å²) in [5, 5.41) is 9.52. The zero-order valence-corrected chi connectivity index (χ0v) is 10.1. The molecule has 88 valence electrons. The first-order valence-corrected chi connectivity index (χ1v) is 5.60. The molecule has 3 nitrogen and oxygen atoms in total. The molecular formula is C12H15ClO3. The third-order valence-corrected chi connectivity index (χ3v) is 2.55. The maximum Gasteiger partial charge on any atom is 0.165 e. The third-order valence-electron chi connectivity index (χ3n) is 2.25. The summed E-state index contributed by atoms with van der Waals surface area (Å²) in [7, 11) is 0. The number of aromatic hydroxyl groups is 1. The van der Waals surface area contributed by atoms with Crippen molar-refractivity contribution in [2.75, 3.05) is 6.61 Å². The molecule has 1 rings (SSSR count). The molecule has 16 heavy (non-hydrogen) atoms. The number of hydrogen-bond donors (Lipinski definition) is 1. The van der Waals surface area contributed by atoms with E-state index in [4.69, 9.17) is 16.3 Å². The highest BCUT2D eigenvalue weighted by Gasteiger charge is 2.19. The summed E-state index contributed by atoms with van der Waals surface area (Å²) in [6.07, 6.45) is -0.184. The number of rotatable bonds is 5. The predicted octanol–water partition coefficient (Wildman–Crippen LogP) is 3.10. The van der Waals surface area contributed by atoms with Crippen molar-refractivity contribution in [2.45, 2.75) is 26.4 Å². The van der Waals surface area contributed by atoms with Gasteiger partial charge < -0.3 is 9.84 Å². The van der Waals surface area contributed by atoms with Crippen LogP contribution < -0.4 is 0 Å². The van der Waals surface area contributed by atoms with Crippen molar-refractivity contribution >= 4 is 17.4 Å². The van der Waals surface area contributed by atoms with Gasteiger partial charge in [-0.05, 0) is 24.6 Å². The molecule has 1 N–H and O–H groups in total. The first kappa shape index (κ1) is 13.0. The Morgan fingerprint density at radius 2 is 2.19 bits per heavy atom. The molecule has 0 aliphatic heterocycles. The lowest BCUT2D eigenvalue weighted by Gasteiger charge is -2.15. The standard InChI is InChI=1S/C12H15ClO3/c1-3-10(14)12(16-4-2)8-5-6-11(15)9(13)7-8/h5-7,12,15H,3-4H2,1-2H3. The predicted molar refractivity (Wildman–Crippen MR) is 62.8 cm³/mol. The minimum atomic E-state index is -0.590. The van der Waals surface area contributed by atoms with Crippen molar-refractivity contribution < 1.29 is 14.6 Å². The SMILES string of the molecule is CCOC(C(=O)CC)c1ccc(O)c(Cl)c1. The van der Waals surface area contributed by atoms with Gasteiger partial charge in [-0.1, -0.05) is 24.6 Å². The van der Waals surface area contributed by atoms with Crippen molar-refractivity contribution in [1.29, 1.82) is 0 Å². The maximum atomic E-state index is 11.7. The van der Waals surface area contributed by atoms with Gasteiger partial charge in [-0.2, -0.15) is 0 Å². The molecule has 1 unspecified atom stereocenters. The summed E-state index contributed by atoms with van der Waals surface area (Å²) in [6, 6.07) is 4.67. The molecule has 0 radical (unpaired) electrons. The van der Waals surface area contributed by atoms with Crippen molar-refractivity contribution in [1.82, 2.24) is 0 Å². The molecule has 0 saturated heterocycles. The van der Waals surface area contributed by atoms with Gasteiger partial charge in [-0.3, -0.25) is 4.79 Å². The van der Waals surface area contributed by atoms with Crippen LogP contribution in [0.3, 0.4) is 0 Å². The molecule has 0 amide bonds. The summed E-state index contributed by atoms with van der Waals surface area (Å²) >= 11 is 5.79. The molecule has 0 fully saturated rings. The lowest BCUT2D eigenvalue weighted by molar-refractivity contribution is -0.130. The van der Waals surface area contributed by atoms with E-state index in [-0.39, 0.29) is 16.6 Å². The van der Waals surface area contributed by atoms with Crippen LogP contribution in [-0.4, -0.2) is 17.5 Å². The van der Waals surface area contributed by atoms with Gasteiger partial charge >= 0.3 is 0 Å². The van der Waals surface area contributed by atoms with E-state index in [1.165, 1.54) is 6.07 Å². The van der Waals surface area contributed by atoms with Crippen LogP contribution in [0.2, 0.25) is 5.02 Å². The van der Waals surface area contributed by atoms with E-state index in [1.807, 2.05) is 6.92 Å². The number of ether oxygens (including phenoxy) is 1. The van der Waals surface area contributed by atoms with E-state index in [0.29, 0.717) is 18.6 Å². The molecule has 0 aromatic heterocycles. The Morgan fingerprint density at radius 1 is 1.50 bits per heavy atom. The molecule has 0 heterocycles. The maximum absolute atomic E-state index is 11.7. The average Bonchev–Trinajstić information content (AvgIpc) is 2.29. The van der Waals surface area contributed by atoms with Crippen LogP contribution in [-0.2, 0) is 9.53 Å². The van der Waals surface area contributed by atoms with E-state index < -0.39 is 6.10 Å². The lowest BCUT2D eigenvalue weighted by Crippen LogP contribution is -2.15. The largest absolute Gasteiger partial charge is 0.506 e. The highest BCUT2D eigenvalue weighted by atomic mass is 35.5. The first-order valence-electron chi connectivity index (χ1n) is 5.22. The topological polar surface area (TPSA) is 46.5 Å². The van der Waals surface area contributed by atoms with Gasteiger partial charge in [0.25, 0.3) is 0 Å². The van der Waals surface area contributed by atoms with Crippen molar-refractivity contribution in [3.8, 4) is 5.75 Å². The molecular weight excluding hydrogens is 228 g/mol. The quantitative estimate of drug-likeness (QED) is 0.863. The zero-order chi connectivity index (χ0) is 12.1. The van der Waals surface area contributed by atoms with Gasteiger partial charge in [-0.25, -0.2) is 0 Å². The molecule has 0 aliphatic carbocycles. The Balaban J connectivity index is 3.01. The van der Waals surface area contributed by atoms with Crippen molar-refractivity contribution in [3.05, 3.63) is 28.8 Å². The molecule has 1 atom stereocenters. The molecule has 0 bridgehead atoms. The van der Waals surface area contributed by atoms with Crippen LogP contribution in [0, 0.1) is 0 Å². The van der Waals surface area contributed by atoms with E-state index in [9.17, 15) is 9.90 Å². The lowest BCUT2D eigenvalue weighted by atomic mass is 10.0. The molecule has 0 spiro atoms. The Bertz CT molecular complexity index is 377. The zero-order valence-electron chi connectivity index (χ0n) is 9.37. The Hall–Kier alpha value is -1.06. The average molecular weight is 243 g/mol. The monoisotopic (exact) mass is 242 g/mol. The van der Waals surface area contributed by atoms with Gasteiger partial charge in [0.1, 0.15) is 11.9 Å². The van der Waals surface area contributed by atoms with Gasteiger partial charge in [0.15, 0.2) is 5.78 Å². The summed E-state index contributed by atoms with van der Waals surface area (Å²) in [4.78, 5) is 11.7. The smallest absolute Gasteiger partial charge is 0.165 e. The van der Waals surface area contributed by atoms with Crippen LogP contribution >= 0.6 is 11.6 Å². The Kier molecular flexibility index (Phi) is 4.77. The molecule has 1 aromatic rings. The number of carbonyl (C=O) groups excluding carboxylic acids is 1. The third kappa shape index (κ3) is 2.97. The number of Topliss-reactive ketones (excluding diaryl/α,β-unsaturated/α-hetero) is 1. The molecule has 0 saturated carbocycles. The van der Waals surface area contributed by atoms with Gasteiger partial charge in [0, 0.05) is 13.0 Å². The second-order valence-corrected chi connectivity index (χ2v) is 3.77. The fourth-order valence-electron chi connectivity index (χ4n) is 1.41. The number of phenols is 1. The molecule has 0 aliphatic rings. The summed E-state index contributed by atoms with van der Waals surface area (Å²) in [5.74, 6) is 0.00761. The number of halogens is 1. The van der Waals surface area contributed by atoms with Crippen LogP contribution in [0.5, 0.6) is 5.75 Å². The van der Waals surface area contributed by atoms with Gasteiger partial charge in [0.2, 0.25) is 0 Å². The second kappa shape index (κ2) is 5.87. The fraction of sp³-hybridized carbons (Fsp3) is 0.417.